The van der Waals surface area contributed by atoms with Gasteiger partial charge in [-0.05, 0) is 40.2 Å². The highest BCUT2D eigenvalue weighted by Crippen LogP contribution is 2.34. The van der Waals surface area contributed by atoms with Crippen LogP contribution in [0.15, 0.2) is 62.9 Å². The van der Waals surface area contributed by atoms with E-state index < -0.39 is 0 Å². The number of rotatable bonds is 5. The molecule has 0 aliphatic carbocycles. The molecule has 5 rings (SSSR count). The lowest BCUT2D eigenvalue weighted by molar-refractivity contribution is -0.134. The third kappa shape index (κ3) is 3.16. The molecule has 0 fully saturated rings. The maximum atomic E-state index is 13.0. The topological polar surface area (TPSA) is 89.4 Å². The van der Waals surface area contributed by atoms with Gasteiger partial charge in [-0.25, -0.2) is 5.01 Å². The van der Waals surface area contributed by atoms with Gasteiger partial charge in [-0.1, -0.05) is 12.1 Å². The van der Waals surface area contributed by atoms with Gasteiger partial charge in [0.15, 0.2) is 0 Å². The molecule has 4 aromatic rings. The quantitative estimate of drug-likeness (QED) is 0.503. The first kappa shape index (κ1) is 17.0. The summed E-state index contributed by atoms with van der Waals surface area (Å²) in [6.45, 7) is -0.0448. The van der Waals surface area contributed by atoms with Crippen molar-refractivity contribution >= 4 is 34.3 Å². The molecule has 1 amide bonds. The Bertz CT molecular complexity index is 1100. The lowest BCUT2D eigenvalue weighted by Crippen LogP contribution is -2.31. The van der Waals surface area contributed by atoms with Crippen molar-refractivity contribution in [2.45, 2.75) is 19.0 Å². The predicted molar refractivity (Wildman–Crippen MR) is 105 cm³/mol. The number of nitrogens with zero attached hydrogens (tertiary/aromatic N) is 6. The minimum atomic E-state index is -0.278. The summed E-state index contributed by atoms with van der Waals surface area (Å²) in [4.78, 5) is 16.2. The highest BCUT2D eigenvalue weighted by molar-refractivity contribution is 7.13. The van der Waals surface area contributed by atoms with E-state index in [0.717, 1.165) is 15.5 Å². The van der Waals surface area contributed by atoms with Crippen molar-refractivity contribution in [3.63, 3.8) is 0 Å². The van der Waals surface area contributed by atoms with Crippen LogP contribution in [0.2, 0.25) is 0 Å². The fraction of sp³-hybridized carbons (Fsp3) is 0.167. The minimum absolute atomic E-state index is 0.0448. The normalized spacial score (nSPS) is 16.5. The highest BCUT2D eigenvalue weighted by Gasteiger charge is 2.35. The van der Waals surface area contributed by atoms with E-state index in [1.54, 1.807) is 17.6 Å². The van der Waals surface area contributed by atoms with Gasteiger partial charge in [0.25, 0.3) is 5.91 Å². The molecule has 28 heavy (non-hydrogen) atoms. The first-order valence-electron chi connectivity index (χ1n) is 8.56. The Balaban J connectivity index is 1.39. The number of hydrogen-bond acceptors (Lipinski definition) is 8. The molecule has 0 bridgehead atoms. The second-order valence-electron chi connectivity index (χ2n) is 6.12. The van der Waals surface area contributed by atoms with Crippen LogP contribution in [0.25, 0.3) is 10.7 Å². The summed E-state index contributed by atoms with van der Waals surface area (Å²) >= 11 is 3.13. The zero-order valence-corrected chi connectivity index (χ0v) is 16.1. The van der Waals surface area contributed by atoms with E-state index in [0.29, 0.717) is 18.0 Å². The molecule has 0 saturated carbocycles. The standard InChI is InChI=1S/C18H14N6O2S2/c25-17(11-23-21-18(19-22-23)16-6-3-9-28-16)24-13(14-4-1-7-26-14)10-12(20-24)15-5-2-8-27-15/h1-9,13H,10-11H2/t13-/m0/s1. The number of hydrogen-bond donors (Lipinski definition) is 0. The summed E-state index contributed by atoms with van der Waals surface area (Å²) in [5.41, 5.74) is 0.871. The second kappa shape index (κ2) is 7.13. The van der Waals surface area contributed by atoms with Crippen molar-refractivity contribution < 1.29 is 9.21 Å². The molecule has 1 aliphatic rings. The SMILES string of the molecule is O=C(Cn1nnc(-c2cccs2)n1)N1N=C(c2cccs2)C[C@H]1c1ccco1. The smallest absolute Gasteiger partial charge is 0.267 e. The van der Waals surface area contributed by atoms with E-state index in [9.17, 15) is 4.79 Å². The largest absolute Gasteiger partial charge is 0.467 e. The van der Waals surface area contributed by atoms with Crippen LogP contribution in [0.5, 0.6) is 0 Å². The van der Waals surface area contributed by atoms with Gasteiger partial charge in [-0.15, -0.1) is 32.9 Å². The highest BCUT2D eigenvalue weighted by atomic mass is 32.1. The molecule has 0 spiro atoms. The molecule has 1 aliphatic heterocycles. The van der Waals surface area contributed by atoms with Gasteiger partial charge >= 0.3 is 0 Å². The summed E-state index contributed by atoms with van der Waals surface area (Å²) in [5, 5.41) is 22.3. The van der Waals surface area contributed by atoms with Crippen molar-refractivity contribution in [1.29, 1.82) is 0 Å². The van der Waals surface area contributed by atoms with Crippen LogP contribution in [0.3, 0.4) is 0 Å². The summed E-state index contributed by atoms with van der Waals surface area (Å²) < 4.78 is 5.55. The van der Waals surface area contributed by atoms with Crippen LogP contribution in [-0.4, -0.2) is 36.8 Å². The van der Waals surface area contributed by atoms with Crippen LogP contribution in [-0.2, 0) is 11.3 Å². The van der Waals surface area contributed by atoms with Crippen molar-refractivity contribution in [2.75, 3.05) is 0 Å². The van der Waals surface area contributed by atoms with Crippen LogP contribution < -0.4 is 0 Å². The first-order chi connectivity index (χ1) is 13.8. The molecule has 0 aromatic carbocycles. The Morgan fingerprint density at radius 3 is 2.68 bits per heavy atom. The molecule has 10 heteroatoms. The third-order valence-electron chi connectivity index (χ3n) is 4.31. The predicted octanol–water partition coefficient (Wildman–Crippen LogP) is 3.43. The van der Waals surface area contributed by atoms with Gasteiger partial charge in [0.05, 0.1) is 21.7 Å². The molecule has 8 nitrogen and oxygen atoms in total. The minimum Gasteiger partial charge on any atom is -0.467 e. The Morgan fingerprint density at radius 1 is 1.14 bits per heavy atom. The Hall–Kier alpha value is -3.11. The lowest BCUT2D eigenvalue weighted by atomic mass is 10.1. The zero-order valence-electron chi connectivity index (χ0n) is 14.5. The van der Waals surface area contributed by atoms with Gasteiger partial charge in [0, 0.05) is 6.42 Å². The van der Waals surface area contributed by atoms with E-state index in [-0.39, 0.29) is 18.5 Å². The number of furan rings is 1. The van der Waals surface area contributed by atoms with Crippen LogP contribution in [0, 0.1) is 0 Å². The number of tetrazole rings is 1. The number of hydrazone groups is 1. The van der Waals surface area contributed by atoms with Gasteiger partial charge in [0.2, 0.25) is 5.82 Å². The van der Waals surface area contributed by atoms with Gasteiger partial charge in [-0.2, -0.15) is 9.90 Å². The monoisotopic (exact) mass is 410 g/mol. The first-order valence-corrected chi connectivity index (χ1v) is 10.3. The number of carbonyl (C=O) groups is 1. The second-order valence-corrected chi connectivity index (χ2v) is 8.01. The molecular weight excluding hydrogens is 396 g/mol. The number of carbonyl (C=O) groups excluding carboxylic acids is 1. The van der Waals surface area contributed by atoms with Gasteiger partial charge in [0.1, 0.15) is 18.3 Å². The molecule has 5 heterocycles. The average molecular weight is 410 g/mol. The number of aromatic nitrogens is 4. The van der Waals surface area contributed by atoms with Gasteiger partial charge in [-0.3, -0.25) is 4.79 Å². The molecule has 0 radical (unpaired) electrons. The Morgan fingerprint density at radius 2 is 1.96 bits per heavy atom. The zero-order chi connectivity index (χ0) is 18.9. The summed E-state index contributed by atoms with van der Waals surface area (Å²) in [5.74, 6) is 0.993. The van der Waals surface area contributed by atoms with E-state index in [1.165, 1.54) is 21.1 Å². The van der Waals surface area contributed by atoms with Crippen molar-refractivity contribution in [3.8, 4) is 10.7 Å². The van der Waals surface area contributed by atoms with Crippen LogP contribution in [0.1, 0.15) is 23.1 Å². The van der Waals surface area contributed by atoms with Gasteiger partial charge < -0.3 is 4.42 Å². The maximum Gasteiger partial charge on any atom is 0.267 e. The molecule has 4 aromatic heterocycles. The molecule has 1 atom stereocenters. The van der Waals surface area contributed by atoms with E-state index >= 15 is 0 Å². The molecule has 0 unspecified atom stereocenters. The summed E-state index contributed by atoms with van der Waals surface area (Å²) in [6, 6.07) is 11.2. The fourth-order valence-corrected chi connectivity index (χ4v) is 4.41. The maximum absolute atomic E-state index is 13.0. The van der Waals surface area contributed by atoms with Crippen LogP contribution >= 0.6 is 22.7 Å². The Labute approximate surface area is 167 Å². The van der Waals surface area contributed by atoms with Crippen molar-refractivity contribution in [3.05, 3.63) is 64.1 Å². The summed E-state index contributed by atoms with van der Waals surface area (Å²) in [7, 11) is 0. The van der Waals surface area contributed by atoms with E-state index in [1.807, 2.05) is 47.2 Å². The molecule has 140 valence electrons. The van der Waals surface area contributed by atoms with Crippen molar-refractivity contribution in [1.82, 2.24) is 25.2 Å². The average Bonchev–Trinajstić information content (AvgIpc) is 3.53. The number of amides is 1. The Kier molecular flexibility index (Phi) is 4.34. The number of thiophene rings is 2. The molecule has 0 saturated heterocycles. The molecular formula is C18H14N6O2S2. The summed E-state index contributed by atoms with van der Waals surface area (Å²) in [6.07, 6.45) is 2.21. The van der Waals surface area contributed by atoms with Crippen LogP contribution in [0.4, 0.5) is 0 Å². The van der Waals surface area contributed by atoms with E-state index in [2.05, 4.69) is 20.5 Å². The third-order valence-corrected chi connectivity index (χ3v) is 6.10. The molecule has 0 N–H and O–H groups in total. The lowest BCUT2D eigenvalue weighted by Gasteiger charge is -2.19. The fourth-order valence-electron chi connectivity index (χ4n) is 3.04. The van der Waals surface area contributed by atoms with Crippen molar-refractivity contribution in [2.24, 2.45) is 5.10 Å². The van der Waals surface area contributed by atoms with E-state index in [4.69, 9.17) is 4.42 Å².